The molecule has 1 aliphatic rings. The van der Waals surface area contributed by atoms with Gasteiger partial charge in [0, 0.05) is 0 Å². The van der Waals surface area contributed by atoms with Crippen LogP contribution >= 0.6 is 0 Å². The predicted octanol–water partition coefficient (Wildman–Crippen LogP) is 3.73. The molecule has 0 radical (unpaired) electrons. The van der Waals surface area contributed by atoms with Crippen LogP contribution in [0, 0.1) is 0 Å². The Morgan fingerprint density at radius 3 is 1.79 bits per heavy atom. The van der Waals surface area contributed by atoms with Gasteiger partial charge in [-0.1, -0.05) is 60.7 Å². The number of benzene rings is 2. The van der Waals surface area contributed by atoms with Crippen LogP contribution in [0.2, 0.25) is 0 Å². The van der Waals surface area contributed by atoms with Crippen molar-refractivity contribution in [2.45, 2.75) is 51.4 Å². The van der Waals surface area contributed by atoms with Crippen molar-refractivity contribution in [1.29, 1.82) is 0 Å². The molecule has 2 aromatic rings. The maximum Gasteiger partial charge on any atom is 0.326 e. The number of hydrogen-bond donors (Lipinski definition) is 0. The summed E-state index contributed by atoms with van der Waals surface area (Å²) in [6, 6.07) is 18.2. The minimum atomic E-state index is -0.663. The van der Waals surface area contributed by atoms with Crippen molar-refractivity contribution in [2.75, 3.05) is 6.61 Å². The van der Waals surface area contributed by atoms with Crippen LogP contribution in [0.3, 0.4) is 0 Å². The van der Waals surface area contributed by atoms with Crippen molar-refractivity contribution in [3.8, 4) is 0 Å². The van der Waals surface area contributed by atoms with Crippen LogP contribution in [-0.2, 0) is 19.1 Å². The van der Waals surface area contributed by atoms with E-state index in [1.807, 2.05) is 86.3 Å². The van der Waals surface area contributed by atoms with E-state index < -0.39 is 29.6 Å². The first-order valence-electron chi connectivity index (χ1n) is 9.60. The van der Waals surface area contributed by atoms with Gasteiger partial charge in [-0.3, -0.25) is 14.5 Å². The average molecular weight is 381 g/mol. The molecule has 0 amide bonds. The molecular formula is C23H27NO4. The van der Waals surface area contributed by atoms with Gasteiger partial charge in [-0.05, 0) is 38.8 Å². The van der Waals surface area contributed by atoms with Crippen molar-refractivity contribution in [1.82, 2.24) is 4.90 Å². The average Bonchev–Trinajstić information content (AvgIpc) is 3.38. The molecule has 5 heteroatoms. The number of ether oxygens (including phenoxy) is 2. The molecule has 1 saturated heterocycles. The van der Waals surface area contributed by atoms with Gasteiger partial charge in [-0.25, -0.2) is 0 Å². The van der Waals surface area contributed by atoms with Crippen LogP contribution < -0.4 is 0 Å². The fraction of sp³-hybridized carbons (Fsp3) is 0.391. The van der Waals surface area contributed by atoms with E-state index in [1.165, 1.54) is 0 Å². The summed E-state index contributed by atoms with van der Waals surface area (Å²) >= 11 is 0. The van der Waals surface area contributed by atoms with Gasteiger partial charge in [0.15, 0.2) is 0 Å². The maximum absolute atomic E-state index is 12.8. The molecule has 5 nitrogen and oxygen atoms in total. The molecular weight excluding hydrogens is 354 g/mol. The van der Waals surface area contributed by atoms with E-state index >= 15 is 0 Å². The summed E-state index contributed by atoms with van der Waals surface area (Å²) in [5.74, 6) is -0.794. The van der Waals surface area contributed by atoms with Crippen LogP contribution in [0.4, 0.5) is 0 Å². The maximum atomic E-state index is 12.8. The molecule has 28 heavy (non-hydrogen) atoms. The number of carbonyl (C=O) groups is 2. The molecule has 0 bridgehead atoms. The van der Waals surface area contributed by atoms with Gasteiger partial charge in [0.1, 0.15) is 17.7 Å². The highest BCUT2D eigenvalue weighted by Gasteiger charge is 2.62. The summed E-state index contributed by atoms with van der Waals surface area (Å²) < 4.78 is 10.8. The Kier molecular flexibility index (Phi) is 5.84. The van der Waals surface area contributed by atoms with Crippen molar-refractivity contribution in [3.63, 3.8) is 0 Å². The molecule has 1 heterocycles. The molecule has 0 N–H and O–H groups in total. The van der Waals surface area contributed by atoms with E-state index in [4.69, 9.17) is 9.47 Å². The zero-order valence-electron chi connectivity index (χ0n) is 16.8. The molecule has 148 valence electrons. The van der Waals surface area contributed by atoms with Gasteiger partial charge >= 0.3 is 11.9 Å². The largest absolute Gasteiger partial charge is 0.465 e. The number of carbonyl (C=O) groups excluding carboxylic acids is 2. The molecule has 0 spiro atoms. The fourth-order valence-electron chi connectivity index (χ4n) is 3.47. The topological polar surface area (TPSA) is 55.6 Å². The monoisotopic (exact) mass is 381 g/mol. The quantitative estimate of drug-likeness (QED) is 0.564. The van der Waals surface area contributed by atoms with E-state index in [0.717, 1.165) is 11.1 Å². The SMILES string of the molecule is CCOC(=O)[C@H]1[C@@H](C(=O)OC(C)(C)C)N1C(c1ccccc1)c1ccccc1. The number of hydrogen-bond acceptors (Lipinski definition) is 5. The third kappa shape index (κ3) is 4.42. The Morgan fingerprint density at radius 2 is 1.36 bits per heavy atom. The van der Waals surface area contributed by atoms with Gasteiger partial charge in [-0.15, -0.1) is 0 Å². The summed E-state index contributed by atoms with van der Waals surface area (Å²) in [6.45, 7) is 7.50. The first kappa shape index (κ1) is 20.1. The second-order valence-electron chi connectivity index (χ2n) is 7.85. The molecule has 1 fully saturated rings. The van der Waals surface area contributed by atoms with Gasteiger partial charge in [0.25, 0.3) is 0 Å². The van der Waals surface area contributed by atoms with Crippen molar-refractivity contribution in [2.24, 2.45) is 0 Å². The van der Waals surface area contributed by atoms with Crippen LogP contribution in [0.25, 0.3) is 0 Å². The summed E-state index contributed by atoms with van der Waals surface area (Å²) in [6.07, 6.45) is 0. The van der Waals surface area contributed by atoms with Gasteiger partial charge in [-0.2, -0.15) is 0 Å². The number of nitrogens with zero attached hydrogens (tertiary/aromatic N) is 1. The molecule has 0 aromatic heterocycles. The second-order valence-corrected chi connectivity index (χ2v) is 7.85. The van der Waals surface area contributed by atoms with Crippen LogP contribution in [-0.4, -0.2) is 41.1 Å². The predicted molar refractivity (Wildman–Crippen MR) is 107 cm³/mol. The Bertz CT molecular complexity index is 774. The van der Waals surface area contributed by atoms with Crippen molar-refractivity contribution < 1.29 is 19.1 Å². The van der Waals surface area contributed by atoms with E-state index in [9.17, 15) is 9.59 Å². The minimum absolute atomic E-state index is 0.241. The lowest BCUT2D eigenvalue weighted by Crippen LogP contribution is -2.29. The molecule has 0 aliphatic carbocycles. The highest BCUT2D eigenvalue weighted by atomic mass is 16.6. The summed E-state index contributed by atoms with van der Waals surface area (Å²) in [4.78, 5) is 27.3. The Balaban J connectivity index is 1.98. The van der Waals surface area contributed by atoms with E-state index in [1.54, 1.807) is 6.92 Å². The lowest BCUT2D eigenvalue weighted by atomic mass is 9.98. The normalized spacial score (nSPS) is 21.2. The van der Waals surface area contributed by atoms with Gasteiger partial charge < -0.3 is 9.47 Å². The van der Waals surface area contributed by atoms with Gasteiger partial charge in [0.05, 0.1) is 12.6 Å². The second kappa shape index (κ2) is 8.15. The Morgan fingerprint density at radius 1 is 0.893 bits per heavy atom. The first-order chi connectivity index (χ1) is 13.3. The van der Waals surface area contributed by atoms with Crippen molar-refractivity contribution in [3.05, 3.63) is 71.8 Å². The summed E-state index contributed by atoms with van der Waals surface area (Å²) in [5.41, 5.74) is 1.39. The number of esters is 2. The summed E-state index contributed by atoms with van der Waals surface area (Å²) in [5, 5.41) is 0. The van der Waals surface area contributed by atoms with Crippen LogP contribution in [0.15, 0.2) is 60.7 Å². The smallest absolute Gasteiger partial charge is 0.326 e. The fourth-order valence-corrected chi connectivity index (χ4v) is 3.47. The molecule has 1 aliphatic heterocycles. The van der Waals surface area contributed by atoms with Gasteiger partial charge in [0.2, 0.25) is 0 Å². The highest BCUT2D eigenvalue weighted by Crippen LogP contribution is 2.44. The lowest BCUT2D eigenvalue weighted by molar-refractivity contribution is -0.156. The zero-order chi connectivity index (χ0) is 20.3. The number of rotatable bonds is 6. The zero-order valence-corrected chi connectivity index (χ0v) is 16.8. The van der Waals surface area contributed by atoms with E-state index in [0.29, 0.717) is 0 Å². The molecule has 2 aromatic carbocycles. The molecule has 3 atom stereocenters. The first-order valence-corrected chi connectivity index (χ1v) is 9.60. The minimum Gasteiger partial charge on any atom is -0.465 e. The standard InChI is InChI=1S/C23H27NO4/c1-5-27-21(25)19-20(22(26)28-23(2,3)4)24(19)18(16-12-8-6-9-13-16)17-14-10-7-11-15-17/h6-15,18-20H,5H2,1-4H3/t19-,20+,24?/m1/s1. The van der Waals surface area contributed by atoms with Crippen molar-refractivity contribution >= 4 is 11.9 Å². The molecule has 0 saturated carbocycles. The third-order valence-corrected chi connectivity index (χ3v) is 4.56. The summed E-state index contributed by atoms with van der Waals surface area (Å²) in [7, 11) is 0. The van der Waals surface area contributed by atoms with E-state index in [-0.39, 0.29) is 12.6 Å². The van der Waals surface area contributed by atoms with E-state index in [2.05, 4.69) is 0 Å². The third-order valence-electron chi connectivity index (χ3n) is 4.56. The molecule has 3 rings (SSSR count). The van der Waals surface area contributed by atoms with Crippen LogP contribution in [0.5, 0.6) is 0 Å². The van der Waals surface area contributed by atoms with Crippen LogP contribution in [0.1, 0.15) is 44.9 Å². The Hall–Kier alpha value is -2.66. The highest BCUT2D eigenvalue weighted by molar-refractivity contribution is 5.93. The lowest BCUT2D eigenvalue weighted by Gasteiger charge is -2.22. The Labute approximate surface area is 166 Å². The molecule has 1 unspecified atom stereocenters.